The number of anilines is 1. The maximum Gasteiger partial charge on any atom is 0.309 e. The smallest absolute Gasteiger partial charge is 0.309 e. The molecule has 6 nitrogen and oxygen atoms in total. The van der Waals surface area contributed by atoms with Crippen LogP contribution in [0.3, 0.4) is 0 Å². The Morgan fingerprint density at radius 1 is 1.03 bits per heavy atom. The van der Waals surface area contributed by atoms with Crippen molar-refractivity contribution in [1.29, 1.82) is 0 Å². The van der Waals surface area contributed by atoms with Gasteiger partial charge in [-0.05, 0) is 43.9 Å². The Morgan fingerprint density at radius 2 is 1.80 bits per heavy atom. The summed E-state index contributed by atoms with van der Waals surface area (Å²) in [5, 5.41) is 5.52. The van der Waals surface area contributed by atoms with Crippen molar-refractivity contribution in [2.24, 2.45) is 5.92 Å². The van der Waals surface area contributed by atoms with Crippen LogP contribution in [0.15, 0.2) is 60.7 Å². The first-order valence-electron chi connectivity index (χ1n) is 10.1. The van der Waals surface area contributed by atoms with Gasteiger partial charge >= 0.3 is 5.97 Å². The molecular weight excluding hydrogens is 380 g/mol. The average Bonchev–Trinajstić information content (AvgIpc) is 2.78. The molecule has 0 saturated carbocycles. The van der Waals surface area contributed by atoms with Crippen LogP contribution in [0.2, 0.25) is 0 Å². The largest absolute Gasteiger partial charge is 0.455 e. The third-order valence-electron chi connectivity index (χ3n) is 4.97. The van der Waals surface area contributed by atoms with Gasteiger partial charge in [0.1, 0.15) is 0 Å². The molecule has 1 unspecified atom stereocenters. The van der Waals surface area contributed by atoms with E-state index >= 15 is 0 Å². The van der Waals surface area contributed by atoms with Crippen LogP contribution in [0.1, 0.15) is 40.7 Å². The molecule has 6 heteroatoms. The molecular formula is C24H26N2O4. The third kappa shape index (κ3) is 6.04. The van der Waals surface area contributed by atoms with Gasteiger partial charge in [-0.2, -0.15) is 0 Å². The Bertz CT molecular complexity index is 934. The molecule has 1 atom stereocenters. The first-order chi connectivity index (χ1) is 14.5. The van der Waals surface area contributed by atoms with Crippen LogP contribution in [-0.2, 0) is 20.9 Å². The van der Waals surface area contributed by atoms with Crippen LogP contribution in [0.4, 0.5) is 5.69 Å². The third-order valence-corrected chi connectivity index (χ3v) is 4.97. The molecule has 1 aliphatic rings. The second-order valence-corrected chi connectivity index (χ2v) is 7.35. The van der Waals surface area contributed by atoms with E-state index in [0.717, 1.165) is 24.0 Å². The molecule has 0 aromatic heterocycles. The van der Waals surface area contributed by atoms with E-state index in [1.54, 1.807) is 24.3 Å². The summed E-state index contributed by atoms with van der Waals surface area (Å²) in [6.07, 6.45) is 6.22. The van der Waals surface area contributed by atoms with E-state index in [9.17, 15) is 14.4 Å². The number of hydrogen-bond acceptors (Lipinski definition) is 4. The minimum atomic E-state index is -0.478. The fourth-order valence-electron chi connectivity index (χ4n) is 3.22. The molecule has 2 aromatic rings. The van der Waals surface area contributed by atoms with E-state index in [-0.39, 0.29) is 24.4 Å². The maximum absolute atomic E-state index is 12.6. The van der Waals surface area contributed by atoms with Gasteiger partial charge in [-0.3, -0.25) is 14.4 Å². The number of para-hydroxylation sites is 1. The number of hydrogen-bond donors (Lipinski definition) is 2. The molecule has 2 amide bonds. The Labute approximate surface area is 176 Å². The lowest BCUT2D eigenvalue weighted by Gasteiger charge is -2.16. The quantitative estimate of drug-likeness (QED) is 0.542. The number of benzene rings is 2. The number of esters is 1. The van der Waals surface area contributed by atoms with Crippen molar-refractivity contribution >= 4 is 23.5 Å². The van der Waals surface area contributed by atoms with Gasteiger partial charge in [0.2, 0.25) is 0 Å². The molecule has 30 heavy (non-hydrogen) atoms. The summed E-state index contributed by atoms with van der Waals surface area (Å²) >= 11 is 0. The topological polar surface area (TPSA) is 84.5 Å². The summed E-state index contributed by atoms with van der Waals surface area (Å²) in [5.41, 5.74) is 2.86. The van der Waals surface area contributed by atoms with Crippen molar-refractivity contribution in [3.63, 3.8) is 0 Å². The zero-order chi connectivity index (χ0) is 21.3. The highest BCUT2D eigenvalue weighted by Crippen LogP contribution is 2.20. The Hall–Kier alpha value is -3.41. The fourth-order valence-corrected chi connectivity index (χ4v) is 3.22. The summed E-state index contributed by atoms with van der Waals surface area (Å²) in [6.45, 7) is 2.01. The molecule has 2 N–H and O–H groups in total. The molecule has 156 valence electrons. The van der Waals surface area contributed by atoms with Gasteiger partial charge < -0.3 is 15.4 Å². The lowest BCUT2D eigenvalue weighted by atomic mass is 9.95. The molecule has 3 rings (SSSR count). The van der Waals surface area contributed by atoms with Gasteiger partial charge in [-0.1, -0.05) is 54.1 Å². The van der Waals surface area contributed by atoms with Crippen molar-refractivity contribution in [1.82, 2.24) is 5.32 Å². The molecule has 0 saturated heterocycles. The Balaban J connectivity index is 1.54. The maximum atomic E-state index is 12.6. The molecule has 0 fully saturated rings. The second kappa shape index (κ2) is 10.4. The minimum absolute atomic E-state index is 0.192. The Kier molecular flexibility index (Phi) is 7.38. The first kappa shape index (κ1) is 21.3. The van der Waals surface area contributed by atoms with Gasteiger partial charge in [0.15, 0.2) is 6.61 Å². The lowest BCUT2D eigenvalue weighted by Crippen LogP contribution is -2.27. The SMILES string of the molecule is Cc1ccc(CNC(=O)c2ccccc2NC(=O)COC(=O)C2CC=CCC2)cc1. The predicted molar refractivity (Wildman–Crippen MR) is 115 cm³/mol. The summed E-state index contributed by atoms with van der Waals surface area (Å²) in [4.78, 5) is 36.9. The van der Waals surface area contributed by atoms with E-state index < -0.39 is 5.91 Å². The normalized spacial score (nSPS) is 15.3. The van der Waals surface area contributed by atoms with Crippen molar-refractivity contribution in [2.45, 2.75) is 32.7 Å². The number of nitrogens with one attached hydrogen (secondary N) is 2. The summed E-state index contributed by atoms with van der Waals surface area (Å²) in [6, 6.07) is 14.6. The van der Waals surface area contributed by atoms with Crippen LogP contribution in [0.25, 0.3) is 0 Å². The monoisotopic (exact) mass is 406 g/mol. The van der Waals surface area contributed by atoms with Gasteiger partial charge in [-0.25, -0.2) is 0 Å². The van der Waals surface area contributed by atoms with Crippen LogP contribution in [0, 0.1) is 12.8 Å². The molecule has 1 aliphatic carbocycles. The molecule has 2 aromatic carbocycles. The number of ether oxygens (including phenoxy) is 1. The minimum Gasteiger partial charge on any atom is -0.455 e. The van der Waals surface area contributed by atoms with Crippen molar-refractivity contribution in [2.75, 3.05) is 11.9 Å². The number of allylic oxidation sites excluding steroid dienone is 2. The first-order valence-corrected chi connectivity index (χ1v) is 10.1. The van der Waals surface area contributed by atoms with Gasteiger partial charge in [0.25, 0.3) is 11.8 Å². The van der Waals surface area contributed by atoms with E-state index in [1.807, 2.05) is 43.3 Å². The number of carbonyl (C=O) groups is 3. The lowest BCUT2D eigenvalue weighted by molar-refractivity contribution is -0.151. The Morgan fingerprint density at radius 3 is 2.53 bits per heavy atom. The van der Waals surface area contributed by atoms with Gasteiger partial charge in [0.05, 0.1) is 17.2 Å². The molecule has 0 spiro atoms. The molecule has 0 heterocycles. The summed E-state index contributed by atoms with van der Waals surface area (Å²) in [5.74, 6) is -1.33. The van der Waals surface area contributed by atoms with Gasteiger partial charge in [-0.15, -0.1) is 0 Å². The second-order valence-electron chi connectivity index (χ2n) is 7.35. The van der Waals surface area contributed by atoms with E-state index in [4.69, 9.17) is 4.74 Å². The van der Waals surface area contributed by atoms with Crippen molar-refractivity contribution in [3.8, 4) is 0 Å². The van der Waals surface area contributed by atoms with Crippen LogP contribution >= 0.6 is 0 Å². The fraction of sp³-hybridized carbons (Fsp3) is 0.292. The highest BCUT2D eigenvalue weighted by atomic mass is 16.5. The zero-order valence-corrected chi connectivity index (χ0v) is 17.0. The number of aryl methyl sites for hydroxylation is 1. The predicted octanol–water partition coefficient (Wildman–Crippen LogP) is 3.76. The molecule has 0 aliphatic heterocycles. The number of carbonyl (C=O) groups excluding carboxylic acids is 3. The van der Waals surface area contributed by atoms with Crippen LogP contribution < -0.4 is 10.6 Å². The van der Waals surface area contributed by atoms with Crippen LogP contribution in [-0.4, -0.2) is 24.4 Å². The molecule has 0 radical (unpaired) electrons. The van der Waals surface area contributed by atoms with Crippen molar-refractivity contribution < 1.29 is 19.1 Å². The zero-order valence-electron chi connectivity index (χ0n) is 17.0. The summed E-state index contributed by atoms with van der Waals surface area (Å²) < 4.78 is 5.15. The summed E-state index contributed by atoms with van der Waals surface area (Å²) in [7, 11) is 0. The molecule has 0 bridgehead atoms. The highest BCUT2D eigenvalue weighted by molar-refractivity contribution is 6.04. The number of rotatable bonds is 7. The standard InChI is InChI=1S/C24H26N2O4/c1-17-11-13-18(14-12-17)15-25-23(28)20-9-5-6-10-21(20)26-22(27)16-30-24(29)19-7-3-2-4-8-19/h2-3,5-6,9-14,19H,4,7-8,15-16H2,1H3,(H,25,28)(H,26,27). The van der Waals surface area contributed by atoms with Crippen LogP contribution in [0.5, 0.6) is 0 Å². The van der Waals surface area contributed by atoms with Gasteiger partial charge in [0, 0.05) is 6.54 Å². The van der Waals surface area contributed by atoms with E-state index in [0.29, 0.717) is 24.2 Å². The van der Waals surface area contributed by atoms with Crippen molar-refractivity contribution in [3.05, 3.63) is 77.4 Å². The van der Waals surface area contributed by atoms with E-state index in [2.05, 4.69) is 10.6 Å². The highest BCUT2D eigenvalue weighted by Gasteiger charge is 2.21. The van der Waals surface area contributed by atoms with E-state index in [1.165, 1.54) is 0 Å². The average molecular weight is 406 g/mol. The number of amides is 2.